The number of hydrogen-bond acceptors (Lipinski definition) is 4. The highest BCUT2D eigenvalue weighted by atomic mass is 79.9. The predicted molar refractivity (Wildman–Crippen MR) is 84.6 cm³/mol. The Morgan fingerprint density at radius 2 is 1.86 bits per heavy atom. The number of halogens is 1. The molecule has 0 unspecified atom stereocenters. The first-order chi connectivity index (χ1) is 10.3. The van der Waals surface area contributed by atoms with E-state index >= 15 is 0 Å². The molecule has 1 spiro atoms. The Bertz CT molecular complexity index is 640. The van der Waals surface area contributed by atoms with Crippen molar-refractivity contribution in [3.8, 4) is 0 Å². The second-order valence-corrected chi connectivity index (χ2v) is 6.95. The van der Waals surface area contributed by atoms with Crippen LogP contribution < -0.4 is 4.90 Å². The first kappa shape index (κ1) is 13.5. The van der Waals surface area contributed by atoms with E-state index < -0.39 is 0 Å². The van der Waals surface area contributed by atoms with Gasteiger partial charge in [-0.15, -0.1) is 5.10 Å². The highest BCUT2D eigenvalue weighted by Crippen LogP contribution is 2.41. The van der Waals surface area contributed by atoms with Crippen molar-refractivity contribution in [3.05, 3.63) is 22.9 Å². The summed E-state index contributed by atoms with van der Waals surface area (Å²) in [4.78, 5) is 6.69. The lowest BCUT2D eigenvalue weighted by atomic mass is 9.72. The van der Waals surface area contributed by atoms with Crippen LogP contribution in [0.3, 0.4) is 0 Å². The maximum Gasteiger partial charge on any atom is 0.154 e. The molecular formula is C15H19BrN4O. The standard InChI is InChI=1S/C15H19BrN4O/c16-12-11-17-13-1-2-14(18-20(12)13)19-7-3-15(4-8-19)5-9-21-10-6-15/h1-2,11H,3-10H2. The minimum atomic E-state index is 0.522. The third-order valence-corrected chi connectivity index (χ3v) is 5.55. The van der Waals surface area contributed by atoms with Crippen molar-refractivity contribution < 1.29 is 4.74 Å². The Kier molecular flexibility index (Phi) is 3.38. The van der Waals surface area contributed by atoms with Crippen LogP contribution in [-0.4, -0.2) is 40.9 Å². The summed E-state index contributed by atoms with van der Waals surface area (Å²) in [5.74, 6) is 1.04. The maximum absolute atomic E-state index is 5.52. The molecule has 2 aromatic heterocycles. The van der Waals surface area contributed by atoms with Crippen LogP contribution >= 0.6 is 15.9 Å². The Morgan fingerprint density at radius 1 is 1.10 bits per heavy atom. The van der Waals surface area contributed by atoms with Gasteiger partial charge >= 0.3 is 0 Å². The fourth-order valence-electron chi connectivity index (χ4n) is 3.52. The zero-order chi connectivity index (χ0) is 14.3. The molecule has 0 bridgehead atoms. The molecule has 4 heterocycles. The molecule has 2 aliphatic heterocycles. The summed E-state index contributed by atoms with van der Waals surface area (Å²) in [5, 5.41) is 4.70. The highest BCUT2D eigenvalue weighted by Gasteiger charge is 2.36. The lowest BCUT2D eigenvalue weighted by molar-refractivity contribution is 0.00204. The number of nitrogens with zero attached hydrogens (tertiary/aromatic N) is 4. The van der Waals surface area contributed by atoms with E-state index in [0.717, 1.165) is 42.4 Å². The molecule has 112 valence electrons. The van der Waals surface area contributed by atoms with Gasteiger partial charge in [0.2, 0.25) is 0 Å². The lowest BCUT2D eigenvalue weighted by Gasteiger charge is -2.44. The van der Waals surface area contributed by atoms with E-state index in [2.05, 4.69) is 31.9 Å². The Hall–Kier alpha value is -1.14. The van der Waals surface area contributed by atoms with Crippen molar-refractivity contribution in [2.45, 2.75) is 25.7 Å². The van der Waals surface area contributed by atoms with Gasteiger partial charge in [-0.25, -0.2) is 9.50 Å². The van der Waals surface area contributed by atoms with Gasteiger partial charge in [-0.3, -0.25) is 0 Å². The first-order valence-corrected chi connectivity index (χ1v) is 8.38. The van der Waals surface area contributed by atoms with Crippen LogP contribution in [0.1, 0.15) is 25.7 Å². The molecule has 0 radical (unpaired) electrons. The summed E-state index contributed by atoms with van der Waals surface area (Å²) in [5.41, 5.74) is 1.40. The van der Waals surface area contributed by atoms with E-state index in [4.69, 9.17) is 9.84 Å². The Morgan fingerprint density at radius 3 is 2.62 bits per heavy atom. The molecule has 6 heteroatoms. The molecule has 2 aromatic rings. The summed E-state index contributed by atoms with van der Waals surface area (Å²) < 4.78 is 8.28. The number of aromatic nitrogens is 3. The first-order valence-electron chi connectivity index (χ1n) is 7.59. The van der Waals surface area contributed by atoms with Crippen molar-refractivity contribution in [2.24, 2.45) is 5.41 Å². The lowest BCUT2D eigenvalue weighted by Crippen LogP contribution is -2.43. The SMILES string of the molecule is Brc1cnc2ccc(N3CCC4(CCOCC4)CC3)nn12. The molecule has 5 nitrogen and oxygen atoms in total. The van der Waals surface area contributed by atoms with Gasteiger partial charge in [-0.05, 0) is 59.2 Å². The van der Waals surface area contributed by atoms with E-state index in [1.807, 2.05) is 10.6 Å². The predicted octanol–water partition coefficient (Wildman–Crippen LogP) is 2.89. The van der Waals surface area contributed by atoms with Gasteiger partial charge in [0.1, 0.15) is 10.4 Å². The molecule has 0 aromatic carbocycles. The molecule has 2 aliphatic rings. The van der Waals surface area contributed by atoms with E-state index in [0.29, 0.717) is 5.41 Å². The summed E-state index contributed by atoms with van der Waals surface area (Å²) in [6, 6.07) is 4.11. The van der Waals surface area contributed by atoms with Crippen molar-refractivity contribution in [1.82, 2.24) is 14.6 Å². The average molecular weight is 351 g/mol. The van der Waals surface area contributed by atoms with Crippen LogP contribution in [0.15, 0.2) is 22.9 Å². The molecule has 0 amide bonds. The van der Waals surface area contributed by atoms with Gasteiger partial charge in [0.25, 0.3) is 0 Å². The third kappa shape index (κ3) is 2.44. The maximum atomic E-state index is 5.52. The van der Waals surface area contributed by atoms with E-state index in [1.165, 1.54) is 25.7 Å². The van der Waals surface area contributed by atoms with Crippen molar-refractivity contribution in [1.29, 1.82) is 0 Å². The monoisotopic (exact) mass is 350 g/mol. The van der Waals surface area contributed by atoms with Crippen LogP contribution in [0.4, 0.5) is 5.82 Å². The second kappa shape index (κ2) is 5.25. The van der Waals surface area contributed by atoms with Crippen LogP contribution in [-0.2, 0) is 4.74 Å². The van der Waals surface area contributed by atoms with Crippen LogP contribution in [0.25, 0.3) is 5.65 Å². The summed E-state index contributed by atoms with van der Waals surface area (Å²) in [6.45, 7) is 4.05. The molecule has 4 rings (SSSR count). The number of imidazole rings is 1. The Labute approximate surface area is 132 Å². The number of piperidine rings is 1. The van der Waals surface area contributed by atoms with E-state index in [1.54, 1.807) is 6.20 Å². The zero-order valence-electron chi connectivity index (χ0n) is 12.0. The molecule has 0 N–H and O–H groups in total. The Balaban J connectivity index is 1.53. The van der Waals surface area contributed by atoms with Gasteiger partial charge in [-0.1, -0.05) is 0 Å². The highest BCUT2D eigenvalue weighted by molar-refractivity contribution is 9.10. The quantitative estimate of drug-likeness (QED) is 0.792. The fourth-order valence-corrected chi connectivity index (χ4v) is 3.88. The fraction of sp³-hybridized carbons (Fsp3) is 0.600. The molecule has 21 heavy (non-hydrogen) atoms. The smallest absolute Gasteiger partial charge is 0.154 e. The molecule has 0 saturated carbocycles. The minimum absolute atomic E-state index is 0.522. The van der Waals surface area contributed by atoms with E-state index in [9.17, 15) is 0 Å². The van der Waals surface area contributed by atoms with Crippen LogP contribution in [0.2, 0.25) is 0 Å². The van der Waals surface area contributed by atoms with Crippen LogP contribution in [0.5, 0.6) is 0 Å². The molecule has 0 aliphatic carbocycles. The van der Waals surface area contributed by atoms with Gasteiger partial charge in [0, 0.05) is 26.3 Å². The summed E-state index contributed by atoms with van der Waals surface area (Å²) in [6.07, 6.45) is 6.74. The van der Waals surface area contributed by atoms with Crippen molar-refractivity contribution in [2.75, 3.05) is 31.2 Å². The third-order valence-electron chi connectivity index (χ3n) is 5.01. The van der Waals surface area contributed by atoms with Gasteiger partial charge in [0.15, 0.2) is 5.65 Å². The number of anilines is 1. The molecular weight excluding hydrogens is 332 g/mol. The number of hydrogen-bond donors (Lipinski definition) is 0. The number of ether oxygens (including phenoxy) is 1. The molecule has 2 fully saturated rings. The average Bonchev–Trinajstić information content (AvgIpc) is 2.90. The van der Waals surface area contributed by atoms with Gasteiger partial charge in [0.05, 0.1) is 6.20 Å². The van der Waals surface area contributed by atoms with Gasteiger partial charge < -0.3 is 9.64 Å². The topological polar surface area (TPSA) is 42.7 Å². The van der Waals surface area contributed by atoms with Crippen molar-refractivity contribution >= 4 is 27.4 Å². The second-order valence-electron chi connectivity index (χ2n) is 6.14. The number of fused-ring (bicyclic) bond motifs is 1. The largest absolute Gasteiger partial charge is 0.381 e. The zero-order valence-corrected chi connectivity index (χ0v) is 13.5. The molecule has 0 atom stereocenters. The normalized spacial score (nSPS) is 22.0. The summed E-state index contributed by atoms with van der Waals surface area (Å²) in [7, 11) is 0. The van der Waals surface area contributed by atoms with Crippen molar-refractivity contribution in [3.63, 3.8) is 0 Å². The minimum Gasteiger partial charge on any atom is -0.381 e. The van der Waals surface area contributed by atoms with Crippen LogP contribution in [0, 0.1) is 5.41 Å². The van der Waals surface area contributed by atoms with Gasteiger partial charge in [-0.2, -0.15) is 0 Å². The van der Waals surface area contributed by atoms with E-state index in [-0.39, 0.29) is 0 Å². The number of rotatable bonds is 1. The summed E-state index contributed by atoms with van der Waals surface area (Å²) >= 11 is 3.49. The molecule has 2 saturated heterocycles.